The summed E-state index contributed by atoms with van der Waals surface area (Å²) in [6.07, 6.45) is 3.33. The lowest BCUT2D eigenvalue weighted by Crippen LogP contribution is -2.33. The lowest BCUT2D eigenvalue weighted by atomic mass is 10.3. The fraction of sp³-hybridized carbons (Fsp3) is 0.357. The predicted molar refractivity (Wildman–Crippen MR) is 69.0 cm³/mol. The highest BCUT2D eigenvalue weighted by Gasteiger charge is 2.07. The van der Waals surface area contributed by atoms with E-state index in [1.165, 1.54) is 0 Å². The summed E-state index contributed by atoms with van der Waals surface area (Å²) in [5.74, 6) is 0.869. The second-order valence-electron chi connectivity index (χ2n) is 3.58. The van der Waals surface area contributed by atoms with E-state index in [2.05, 4.69) is 0 Å². The molecule has 0 aromatic heterocycles. The first-order chi connectivity index (χ1) is 8.27. The number of ether oxygens (including phenoxy) is 1. The number of benzene rings is 1. The Hall–Kier alpha value is -1.77. The van der Waals surface area contributed by atoms with Crippen LogP contribution in [-0.4, -0.2) is 30.5 Å². The molecule has 3 nitrogen and oxygen atoms in total. The van der Waals surface area contributed by atoms with Crippen LogP contribution in [0.2, 0.25) is 0 Å². The van der Waals surface area contributed by atoms with E-state index in [4.69, 9.17) is 4.74 Å². The topological polar surface area (TPSA) is 29.5 Å². The fourth-order valence-corrected chi connectivity index (χ4v) is 1.46. The number of para-hydroxylation sites is 1. The number of amides is 1. The van der Waals surface area contributed by atoms with Crippen molar-refractivity contribution in [1.29, 1.82) is 0 Å². The summed E-state index contributed by atoms with van der Waals surface area (Å²) in [7, 11) is 0. The van der Waals surface area contributed by atoms with Crippen molar-refractivity contribution in [1.82, 2.24) is 4.90 Å². The molecule has 3 heteroatoms. The molecule has 92 valence electrons. The van der Waals surface area contributed by atoms with Crippen LogP contribution in [0.1, 0.15) is 13.8 Å². The minimum absolute atomic E-state index is 0.0339. The van der Waals surface area contributed by atoms with Gasteiger partial charge >= 0.3 is 0 Å². The molecule has 0 aliphatic rings. The molecule has 0 bridgehead atoms. The van der Waals surface area contributed by atoms with Crippen LogP contribution in [0.4, 0.5) is 0 Å². The molecular formula is C14H19NO2. The molecular weight excluding hydrogens is 214 g/mol. The second kappa shape index (κ2) is 7.49. The van der Waals surface area contributed by atoms with Crippen molar-refractivity contribution >= 4 is 5.91 Å². The van der Waals surface area contributed by atoms with Crippen molar-refractivity contribution < 1.29 is 9.53 Å². The molecule has 0 spiro atoms. The van der Waals surface area contributed by atoms with E-state index in [9.17, 15) is 4.79 Å². The van der Waals surface area contributed by atoms with Crippen LogP contribution in [0.5, 0.6) is 5.75 Å². The van der Waals surface area contributed by atoms with Crippen molar-refractivity contribution in [2.45, 2.75) is 13.8 Å². The number of likely N-dealkylation sites (N-methyl/N-ethyl adjacent to an activating group) is 1. The van der Waals surface area contributed by atoms with Gasteiger partial charge in [0.15, 0.2) is 0 Å². The number of allylic oxidation sites excluding steroid dienone is 1. The molecule has 1 rings (SSSR count). The van der Waals surface area contributed by atoms with E-state index in [1.54, 1.807) is 17.1 Å². The van der Waals surface area contributed by atoms with Crippen molar-refractivity contribution in [2.24, 2.45) is 0 Å². The van der Waals surface area contributed by atoms with Gasteiger partial charge in [0.1, 0.15) is 12.4 Å². The quantitative estimate of drug-likeness (QED) is 0.706. The first-order valence-electron chi connectivity index (χ1n) is 5.87. The Morgan fingerprint density at radius 1 is 1.35 bits per heavy atom. The van der Waals surface area contributed by atoms with E-state index in [1.807, 2.05) is 44.2 Å². The van der Waals surface area contributed by atoms with Gasteiger partial charge in [-0.3, -0.25) is 4.79 Å². The lowest BCUT2D eigenvalue weighted by molar-refractivity contribution is -0.126. The first kappa shape index (κ1) is 13.3. The SMILES string of the molecule is C/C=C/C(=O)N(CC)CCOc1ccccc1. The number of rotatable bonds is 6. The van der Waals surface area contributed by atoms with Gasteiger partial charge in [-0.05, 0) is 32.1 Å². The highest BCUT2D eigenvalue weighted by atomic mass is 16.5. The number of hydrogen-bond donors (Lipinski definition) is 0. The molecule has 1 amide bonds. The molecule has 0 saturated heterocycles. The van der Waals surface area contributed by atoms with Gasteiger partial charge in [-0.15, -0.1) is 0 Å². The molecule has 0 aliphatic carbocycles. The minimum Gasteiger partial charge on any atom is -0.492 e. The third-order valence-corrected chi connectivity index (χ3v) is 2.38. The summed E-state index contributed by atoms with van der Waals surface area (Å²) in [6.45, 7) is 5.62. The van der Waals surface area contributed by atoms with E-state index in [0.717, 1.165) is 5.75 Å². The summed E-state index contributed by atoms with van der Waals surface area (Å²) in [6, 6.07) is 9.62. The van der Waals surface area contributed by atoms with E-state index in [0.29, 0.717) is 19.7 Å². The zero-order valence-corrected chi connectivity index (χ0v) is 10.4. The van der Waals surface area contributed by atoms with Crippen LogP contribution in [0.15, 0.2) is 42.5 Å². The summed E-state index contributed by atoms with van der Waals surface area (Å²) in [5, 5.41) is 0. The van der Waals surface area contributed by atoms with Gasteiger partial charge in [0, 0.05) is 6.54 Å². The molecule has 0 heterocycles. The fourth-order valence-electron chi connectivity index (χ4n) is 1.46. The average Bonchev–Trinajstić information content (AvgIpc) is 2.36. The normalized spacial score (nSPS) is 10.5. The first-order valence-corrected chi connectivity index (χ1v) is 5.87. The molecule has 0 saturated carbocycles. The van der Waals surface area contributed by atoms with Crippen LogP contribution in [0, 0.1) is 0 Å². The van der Waals surface area contributed by atoms with Gasteiger partial charge < -0.3 is 9.64 Å². The molecule has 1 aromatic carbocycles. The molecule has 0 atom stereocenters. The Kier molecular flexibility index (Phi) is 5.86. The molecule has 0 unspecified atom stereocenters. The van der Waals surface area contributed by atoms with Crippen LogP contribution in [-0.2, 0) is 4.79 Å². The van der Waals surface area contributed by atoms with Crippen molar-refractivity contribution in [3.63, 3.8) is 0 Å². The minimum atomic E-state index is 0.0339. The highest BCUT2D eigenvalue weighted by Crippen LogP contribution is 2.07. The highest BCUT2D eigenvalue weighted by molar-refractivity contribution is 5.87. The maximum atomic E-state index is 11.6. The van der Waals surface area contributed by atoms with Crippen LogP contribution in [0.3, 0.4) is 0 Å². The lowest BCUT2D eigenvalue weighted by Gasteiger charge is -2.19. The van der Waals surface area contributed by atoms with E-state index in [-0.39, 0.29) is 5.91 Å². The monoisotopic (exact) mass is 233 g/mol. The van der Waals surface area contributed by atoms with Gasteiger partial charge in [0.25, 0.3) is 0 Å². The Morgan fingerprint density at radius 3 is 2.65 bits per heavy atom. The maximum Gasteiger partial charge on any atom is 0.246 e. The number of hydrogen-bond acceptors (Lipinski definition) is 2. The molecule has 1 aromatic rings. The van der Waals surface area contributed by atoms with Gasteiger partial charge in [-0.2, -0.15) is 0 Å². The Morgan fingerprint density at radius 2 is 2.06 bits per heavy atom. The zero-order chi connectivity index (χ0) is 12.5. The molecule has 0 N–H and O–H groups in total. The van der Waals surface area contributed by atoms with Gasteiger partial charge in [0.05, 0.1) is 6.54 Å². The molecule has 0 aliphatic heterocycles. The van der Waals surface area contributed by atoms with Crippen molar-refractivity contribution in [2.75, 3.05) is 19.7 Å². The van der Waals surface area contributed by atoms with Gasteiger partial charge in [-0.25, -0.2) is 0 Å². The van der Waals surface area contributed by atoms with Crippen LogP contribution in [0.25, 0.3) is 0 Å². The third-order valence-electron chi connectivity index (χ3n) is 2.38. The second-order valence-corrected chi connectivity index (χ2v) is 3.58. The Bertz CT molecular complexity index is 360. The zero-order valence-electron chi connectivity index (χ0n) is 10.4. The standard InChI is InChI=1S/C14H19NO2/c1-3-8-14(16)15(4-2)11-12-17-13-9-6-5-7-10-13/h3,5-10H,4,11-12H2,1-2H3/b8-3+. The average molecular weight is 233 g/mol. The van der Waals surface area contributed by atoms with Gasteiger partial charge in [0.2, 0.25) is 5.91 Å². The number of nitrogens with zero attached hydrogens (tertiary/aromatic N) is 1. The van der Waals surface area contributed by atoms with Gasteiger partial charge in [-0.1, -0.05) is 24.3 Å². The summed E-state index contributed by atoms with van der Waals surface area (Å²) in [4.78, 5) is 13.4. The summed E-state index contributed by atoms with van der Waals surface area (Å²) >= 11 is 0. The maximum absolute atomic E-state index is 11.6. The molecule has 0 fully saturated rings. The number of carbonyl (C=O) groups is 1. The third kappa shape index (κ3) is 4.72. The smallest absolute Gasteiger partial charge is 0.246 e. The van der Waals surface area contributed by atoms with Crippen molar-refractivity contribution in [3.8, 4) is 5.75 Å². The van der Waals surface area contributed by atoms with Crippen LogP contribution < -0.4 is 4.74 Å². The number of carbonyl (C=O) groups excluding carboxylic acids is 1. The largest absolute Gasteiger partial charge is 0.492 e. The Balaban J connectivity index is 2.36. The van der Waals surface area contributed by atoms with Crippen molar-refractivity contribution in [3.05, 3.63) is 42.5 Å². The summed E-state index contributed by atoms with van der Waals surface area (Å²) in [5.41, 5.74) is 0. The van der Waals surface area contributed by atoms with E-state index < -0.39 is 0 Å². The summed E-state index contributed by atoms with van der Waals surface area (Å²) < 4.78 is 5.55. The molecule has 0 radical (unpaired) electrons. The molecule has 17 heavy (non-hydrogen) atoms. The Labute approximate surface area is 103 Å². The van der Waals surface area contributed by atoms with Crippen LogP contribution >= 0.6 is 0 Å². The van der Waals surface area contributed by atoms with E-state index >= 15 is 0 Å². The predicted octanol–water partition coefficient (Wildman–Crippen LogP) is 2.49.